The Kier molecular flexibility index (Phi) is 3.14. The summed E-state index contributed by atoms with van der Waals surface area (Å²) in [6, 6.07) is 0.557. The van der Waals surface area contributed by atoms with E-state index in [-0.39, 0.29) is 0 Å². The topological polar surface area (TPSA) is 43.6 Å². The first kappa shape index (κ1) is 12.6. The van der Waals surface area contributed by atoms with Crippen molar-refractivity contribution in [3.05, 3.63) is 17.3 Å². The quantitative estimate of drug-likeness (QED) is 0.777. The molecule has 0 atom stereocenters. The van der Waals surface area contributed by atoms with Crippen molar-refractivity contribution in [2.45, 2.75) is 63.3 Å². The van der Waals surface area contributed by atoms with Crippen LogP contribution in [0.1, 0.15) is 69.2 Å². The Labute approximate surface area is 123 Å². The number of imidazole rings is 1. The first-order valence-electron chi connectivity index (χ1n) is 7.73. The van der Waals surface area contributed by atoms with Gasteiger partial charge >= 0.3 is 0 Å². The van der Waals surface area contributed by atoms with Crippen LogP contribution in [0.5, 0.6) is 0 Å². The Morgan fingerprint density at radius 2 is 1.70 bits per heavy atom. The minimum Gasteiger partial charge on any atom is -0.309 e. The van der Waals surface area contributed by atoms with Gasteiger partial charge in [0.25, 0.3) is 0 Å². The molecule has 2 aromatic rings. The maximum Gasteiger partial charge on any atom is 0.165 e. The maximum atomic E-state index is 6.23. The first-order valence-corrected chi connectivity index (χ1v) is 8.10. The lowest BCUT2D eigenvalue weighted by Gasteiger charge is -2.18. The summed E-state index contributed by atoms with van der Waals surface area (Å²) < 4.78 is 2.39. The van der Waals surface area contributed by atoms with Gasteiger partial charge in [0.1, 0.15) is 17.7 Å². The van der Waals surface area contributed by atoms with E-state index in [0.717, 1.165) is 11.2 Å². The van der Waals surface area contributed by atoms with E-state index in [9.17, 15) is 0 Å². The molecule has 0 amide bonds. The zero-order valence-corrected chi connectivity index (χ0v) is 12.3. The molecule has 2 aliphatic carbocycles. The largest absolute Gasteiger partial charge is 0.309 e. The van der Waals surface area contributed by atoms with Gasteiger partial charge in [-0.15, -0.1) is 0 Å². The van der Waals surface area contributed by atoms with E-state index in [2.05, 4.69) is 14.5 Å². The van der Waals surface area contributed by atoms with Crippen LogP contribution in [0.2, 0.25) is 5.15 Å². The molecule has 0 N–H and O–H groups in total. The lowest BCUT2D eigenvalue weighted by atomic mass is 10.1. The molecular weight excluding hydrogens is 272 g/mol. The van der Waals surface area contributed by atoms with Crippen molar-refractivity contribution in [2.24, 2.45) is 0 Å². The first-order chi connectivity index (χ1) is 9.84. The number of hydrogen-bond donors (Lipinski definition) is 0. The van der Waals surface area contributed by atoms with E-state index in [4.69, 9.17) is 16.6 Å². The van der Waals surface area contributed by atoms with Crippen LogP contribution in [0.4, 0.5) is 0 Å². The summed E-state index contributed by atoms with van der Waals surface area (Å²) in [5.41, 5.74) is 1.74. The molecule has 0 unspecified atom stereocenters. The van der Waals surface area contributed by atoms with Crippen molar-refractivity contribution in [1.29, 1.82) is 0 Å². The van der Waals surface area contributed by atoms with Gasteiger partial charge in [0.05, 0.1) is 0 Å². The van der Waals surface area contributed by atoms with Gasteiger partial charge < -0.3 is 4.57 Å². The van der Waals surface area contributed by atoms with E-state index >= 15 is 0 Å². The second-order valence-electron chi connectivity index (χ2n) is 6.10. The van der Waals surface area contributed by atoms with Gasteiger partial charge in [-0.1, -0.05) is 37.3 Å². The van der Waals surface area contributed by atoms with Crippen molar-refractivity contribution >= 4 is 22.8 Å². The molecule has 5 heteroatoms. The monoisotopic (exact) mass is 290 g/mol. The fourth-order valence-electron chi connectivity index (χ4n) is 3.89. The van der Waals surface area contributed by atoms with Gasteiger partial charge in [-0.2, -0.15) is 0 Å². The molecule has 106 valence electrons. The minimum atomic E-state index is 0.492. The van der Waals surface area contributed by atoms with Crippen molar-refractivity contribution < 1.29 is 0 Å². The number of hydrogen-bond acceptors (Lipinski definition) is 3. The summed E-state index contributed by atoms with van der Waals surface area (Å²) in [6.45, 7) is 0. The molecule has 2 heterocycles. The normalized spacial score (nSPS) is 21.2. The van der Waals surface area contributed by atoms with Crippen molar-refractivity contribution in [3.63, 3.8) is 0 Å². The highest BCUT2D eigenvalue weighted by Crippen LogP contribution is 2.40. The van der Waals surface area contributed by atoms with Crippen molar-refractivity contribution in [3.8, 4) is 0 Å². The summed E-state index contributed by atoms with van der Waals surface area (Å²) >= 11 is 6.23. The summed E-state index contributed by atoms with van der Waals surface area (Å²) in [6.07, 6.45) is 11.8. The molecule has 2 fully saturated rings. The molecule has 0 radical (unpaired) electrons. The molecule has 0 bridgehead atoms. The fraction of sp³-hybridized carbons (Fsp3) is 0.667. The van der Waals surface area contributed by atoms with E-state index in [1.165, 1.54) is 57.2 Å². The van der Waals surface area contributed by atoms with Gasteiger partial charge in [-0.25, -0.2) is 15.0 Å². The lowest BCUT2D eigenvalue weighted by Crippen LogP contribution is -2.12. The summed E-state index contributed by atoms with van der Waals surface area (Å²) in [5.74, 6) is 1.80. The number of aromatic nitrogens is 4. The zero-order valence-electron chi connectivity index (χ0n) is 11.6. The predicted molar refractivity (Wildman–Crippen MR) is 79.0 cm³/mol. The summed E-state index contributed by atoms with van der Waals surface area (Å²) in [4.78, 5) is 13.4. The lowest BCUT2D eigenvalue weighted by molar-refractivity contribution is 0.484. The number of halogens is 1. The predicted octanol–water partition coefficient (Wildman–Crippen LogP) is 4.25. The van der Waals surface area contributed by atoms with Crippen molar-refractivity contribution in [2.75, 3.05) is 0 Å². The highest BCUT2D eigenvalue weighted by atomic mass is 35.5. The van der Waals surface area contributed by atoms with Crippen LogP contribution in [0, 0.1) is 0 Å². The Balaban J connectivity index is 1.91. The minimum absolute atomic E-state index is 0.492. The molecule has 4 rings (SSSR count). The van der Waals surface area contributed by atoms with Crippen LogP contribution < -0.4 is 0 Å². The van der Waals surface area contributed by atoms with Crippen LogP contribution in [0.3, 0.4) is 0 Å². The molecule has 2 aliphatic rings. The highest BCUT2D eigenvalue weighted by Gasteiger charge is 2.29. The van der Waals surface area contributed by atoms with E-state index in [1.807, 2.05) is 0 Å². The molecule has 20 heavy (non-hydrogen) atoms. The SMILES string of the molecule is Clc1ncnc2c1nc(C1CCCC1)n2C1CCCC1. The molecule has 0 saturated heterocycles. The van der Waals surface area contributed by atoms with E-state index < -0.39 is 0 Å². The molecule has 0 spiro atoms. The average molecular weight is 291 g/mol. The van der Waals surface area contributed by atoms with Crippen LogP contribution in [-0.2, 0) is 0 Å². The third-order valence-corrected chi connectivity index (χ3v) is 5.15. The standard InChI is InChI=1S/C15H19ClN4/c16-13-12-15(18-9-17-13)20(11-7-3-4-8-11)14(19-12)10-5-1-2-6-10/h9-11H,1-8H2. The van der Waals surface area contributed by atoms with Gasteiger partial charge in [-0.3, -0.25) is 0 Å². The molecule has 2 saturated carbocycles. The average Bonchev–Trinajstić information content (AvgIpc) is 3.18. The summed E-state index contributed by atoms with van der Waals surface area (Å²) in [7, 11) is 0. The van der Waals surface area contributed by atoms with Gasteiger partial charge in [0.15, 0.2) is 10.8 Å². The van der Waals surface area contributed by atoms with Crippen LogP contribution in [0.15, 0.2) is 6.33 Å². The second-order valence-corrected chi connectivity index (χ2v) is 6.45. The molecule has 2 aromatic heterocycles. The maximum absolute atomic E-state index is 6.23. The third kappa shape index (κ3) is 1.93. The molecular formula is C15H19ClN4. The van der Waals surface area contributed by atoms with Crippen LogP contribution in [-0.4, -0.2) is 19.5 Å². The molecule has 4 nitrogen and oxygen atoms in total. The smallest absolute Gasteiger partial charge is 0.165 e. The third-order valence-electron chi connectivity index (χ3n) is 4.87. The molecule has 0 aliphatic heterocycles. The zero-order chi connectivity index (χ0) is 13.5. The Hall–Kier alpha value is -1.16. The van der Waals surface area contributed by atoms with Gasteiger partial charge in [-0.05, 0) is 25.7 Å². The second kappa shape index (κ2) is 4.99. The van der Waals surface area contributed by atoms with Gasteiger partial charge in [0, 0.05) is 12.0 Å². The van der Waals surface area contributed by atoms with E-state index in [0.29, 0.717) is 17.1 Å². The number of nitrogens with zero attached hydrogens (tertiary/aromatic N) is 4. The number of rotatable bonds is 2. The summed E-state index contributed by atoms with van der Waals surface area (Å²) in [5, 5.41) is 0.492. The van der Waals surface area contributed by atoms with Crippen LogP contribution in [0.25, 0.3) is 11.2 Å². The Morgan fingerprint density at radius 3 is 2.45 bits per heavy atom. The van der Waals surface area contributed by atoms with Crippen LogP contribution >= 0.6 is 11.6 Å². The van der Waals surface area contributed by atoms with Crippen molar-refractivity contribution in [1.82, 2.24) is 19.5 Å². The van der Waals surface area contributed by atoms with E-state index in [1.54, 1.807) is 6.33 Å². The fourth-order valence-corrected chi connectivity index (χ4v) is 4.06. The Bertz CT molecular complexity index is 624. The highest BCUT2D eigenvalue weighted by molar-refractivity contribution is 6.33. The number of fused-ring (bicyclic) bond motifs is 1. The molecule has 0 aromatic carbocycles. The Morgan fingerprint density at radius 1 is 1.00 bits per heavy atom. The van der Waals surface area contributed by atoms with Gasteiger partial charge in [0.2, 0.25) is 0 Å².